The zero-order valence-electron chi connectivity index (χ0n) is 14.5. The number of para-hydroxylation sites is 2. The molecule has 0 saturated carbocycles. The number of aliphatic hydroxyl groups excluding tert-OH is 3. The monoisotopic (exact) mass is 389 g/mol. The number of amides is 1. The van der Waals surface area contributed by atoms with Gasteiger partial charge < -0.3 is 35.2 Å². The largest absolute Gasteiger partial charge is 0.479 e. The number of hydrogen-bond acceptors (Lipinski definition) is 7. The molecule has 148 valence electrons. The van der Waals surface area contributed by atoms with Crippen molar-refractivity contribution in [1.82, 2.24) is 0 Å². The van der Waals surface area contributed by atoms with E-state index >= 15 is 0 Å². The molecule has 3 rings (SSSR count). The Labute approximate surface area is 159 Å². The van der Waals surface area contributed by atoms with Crippen LogP contribution in [0, 0.1) is 0 Å². The smallest absolute Gasteiger partial charge is 0.335 e. The summed E-state index contributed by atoms with van der Waals surface area (Å²) in [6.07, 6.45) is -8.76. The van der Waals surface area contributed by atoms with Crippen LogP contribution in [0.2, 0.25) is 0 Å². The van der Waals surface area contributed by atoms with Crippen LogP contribution in [0.15, 0.2) is 54.6 Å². The molecule has 5 N–H and O–H groups in total. The molecule has 9 nitrogen and oxygen atoms in total. The minimum Gasteiger partial charge on any atom is -0.479 e. The first-order valence-corrected chi connectivity index (χ1v) is 8.43. The molecule has 1 heterocycles. The fourth-order valence-electron chi connectivity index (χ4n) is 2.75. The van der Waals surface area contributed by atoms with Gasteiger partial charge in [0.25, 0.3) is 5.91 Å². The van der Waals surface area contributed by atoms with E-state index in [0.29, 0.717) is 5.69 Å². The van der Waals surface area contributed by atoms with E-state index in [9.17, 15) is 24.9 Å². The third-order valence-electron chi connectivity index (χ3n) is 4.22. The first kappa shape index (κ1) is 19.8. The molecule has 1 fully saturated rings. The molecule has 5 atom stereocenters. The van der Waals surface area contributed by atoms with E-state index in [2.05, 4.69) is 5.32 Å². The van der Waals surface area contributed by atoms with Crippen LogP contribution in [0.3, 0.4) is 0 Å². The van der Waals surface area contributed by atoms with Gasteiger partial charge in [-0.05, 0) is 24.3 Å². The first-order valence-electron chi connectivity index (χ1n) is 8.43. The second-order valence-electron chi connectivity index (χ2n) is 6.17. The van der Waals surface area contributed by atoms with Crippen molar-refractivity contribution in [3.63, 3.8) is 0 Å². The van der Waals surface area contributed by atoms with Crippen molar-refractivity contribution in [2.24, 2.45) is 0 Å². The molecule has 0 spiro atoms. The van der Waals surface area contributed by atoms with E-state index in [1.807, 2.05) is 0 Å². The van der Waals surface area contributed by atoms with E-state index in [4.69, 9.17) is 14.6 Å². The zero-order valence-corrected chi connectivity index (χ0v) is 14.5. The van der Waals surface area contributed by atoms with E-state index in [1.165, 1.54) is 12.1 Å². The summed E-state index contributed by atoms with van der Waals surface area (Å²) >= 11 is 0. The molecule has 0 radical (unpaired) electrons. The maximum atomic E-state index is 12.6. The van der Waals surface area contributed by atoms with E-state index in [-0.39, 0.29) is 11.3 Å². The highest BCUT2D eigenvalue weighted by Gasteiger charge is 2.48. The Hall–Kier alpha value is -2.98. The van der Waals surface area contributed by atoms with Gasteiger partial charge in [0, 0.05) is 5.69 Å². The molecule has 9 heteroatoms. The third kappa shape index (κ3) is 4.12. The lowest BCUT2D eigenvalue weighted by atomic mass is 9.99. The predicted octanol–water partition coefficient (Wildman–Crippen LogP) is 0.210. The van der Waals surface area contributed by atoms with E-state index in [0.717, 1.165) is 0 Å². The van der Waals surface area contributed by atoms with Crippen LogP contribution in [0.25, 0.3) is 0 Å². The van der Waals surface area contributed by atoms with Gasteiger partial charge in [0.1, 0.15) is 24.1 Å². The Morgan fingerprint density at radius 2 is 1.54 bits per heavy atom. The van der Waals surface area contributed by atoms with Gasteiger partial charge in [0.2, 0.25) is 6.29 Å². The normalized spacial score (nSPS) is 27.0. The molecule has 1 aliphatic rings. The second-order valence-corrected chi connectivity index (χ2v) is 6.17. The molecule has 0 bridgehead atoms. The zero-order chi connectivity index (χ0) is 20.3. The fourth-order valence-corrected chi connectivity index (χ4v) is 2.75. The Morgan fingerprint density at radius 3 is 2.21 bits per heavy atom. The molecule has 28 heavy (non-hydrogen) atoms. The lowest BCUT2D eigenvalue weighted by Crippen LogP contribution is -2.61. The van der Waals surface area contributed by atoms with Gasteiger partial charge in [-0.3, -0.25) is 4.79 Å². The summed E-state index contributed by atoms with van der Waals surface area (Å²) < 4.78 is 10.6. The highest BCUT2D eigenvalue weighted by atomic mass is 16.7. The first-order chi connectivity index (χ1) is 13.4. The molecule has 0 aromatic heterocycles. The van der Waals surface area contributed by atoms with Crippen molar-refractivity contribution in [2.45, 2.75) is 30.7 Å². The molecule has 1 aliphatic heterocycles. The molecular formula is C19H19NO8. The third-order valence-corrected chi connectivity index (χ3v) is 4.22. The number of anilines is 1. The molecule has 1 amide bonds. The van der Waals surface area contributed by atoms with Gasteiger partial charge in [0.05, 0.1) is 5.56 Å². The van der Waals surface area contributed by atoms with Gasteiger partial charge in [0.15, 0.2) is 6.10 Å². The van der Waals surface area contributed by atoms with Crippen molar-refractivity contribution < 1.29 is 39.5 Å². The van der Waals surface area contributed by atoms with Crippen molar-refractivity contribution in [1.29, 1.82) is 0 Å². The number of carboxylic acid groups (broad SMARTS) is 1. The molecule has 2 aromatic carbocycles. The highest BCUT2D eigenvalue weighted by molar-refractivity contribution is 6.06. The van der Waals surface area contributed by atoms with Crippen molar-refractivity contribution >= 4 is 17.6 Å². The van der Waals surface area contributed by atoms with Gasteiger partial charge in [-0.2, -0.15) is 0 Å². The van der Waals surface area contributed by atoms with Gasteiger partial charge in [-0.25, -0.2) is 4.79 Å². The number of carboxylic acids is 1. The minimum absolute atomic E-state index is 0.00714. The topological polar surface area (TPSA) is 146 Å². The average molecular weight is 389 g/mol. The van der Waals surface area contributed by atoms with Crippen LogP contribution in [0.5, 0.6) is 5.75 Å². The summed E-state index contributed by atoms with van der Waals surface area (Å²) in [6.45, 7) is 0. The number of rotatable bonds is 5. The second kappa shape index (κ2) is 8.36. The molecular weight excluding hydrogens is 370 g/mol. The Morgan fingerprint density at radius 1 is 0.893 bits per heavy atom. The molecule has 1 saturated heterocycles. The number of carbonyl (C=O) groups is 2. The van der Waals surface area contributed by atoms with Crippen molar-refractivity contribution in [3.05, 3.63) is 60.2 Å². The number of carbonyl (C=O) groups excluding carboxylic acids is 1. The molecule has 2 aromatic rings. The van der Waals surface area contributed by atoms with Crippen LogP contribution in [0.4, 0.5) is 5.69 Å². The Kier molecular flexibility index (Phi) is 5.90. The van der Waals surface area contributed by atoms with Gasteiger partial charge in [-0.15, -0.1) is 0 Å². The van der Waals surface area contributed by atoms with E-state index in [1.54, 1.807) is 42.5 Å². The van der Waals surface area contributed by atoms with Gasteiger partial charge in [-0.1, -0.05) is 30.3 Å². The SMILES string of the molecule is O=C(Nc1ccccc1)c1ccccc1OC1OC(C(=O)O)C(O)C(O)C1O. The molecule has 0 aliphatic carbocycles. The lowest BCUT2D eigenvalue weighted by Gasteiger charge is -2.38. The van der Waals surface area contributed by atoms with Crippen molar-refractivity contribution in [2.75, 3.05) is 5.32 Å². The van der Waals surface area contributed by atoms with Gasteiger partial charge >= 0.3 is 5.97 Å². The summed E-state index contributed by atoms with van der Waals surface area (Å²) in [6, 6.07) is 14.8. The number of nitrogens with one attached hydrogen (secondary N) is 1. The summed E-state index contributed by atoms with van der Waals surface area (Å²) in [5, 5.41) is 41.5. The predicted molar refractivity (Wildman–Crippen MR) is 95.8 cm³/mol. The highest BCUT2D eigenvalue weighted by Crippen LogP contribution is 2.27. The van der Waals surface area contributed by atoms with Crippen LogP contribution in [-0.4, -0.2) is 63.0 Å². The standard InChI is InChI=1S/C19H19NO8/c21-13-14(22)16(18(25)26)28-19(15(13)23)27-12-9-5-4-8-11(12)17(24)20-10-6-2-1-3-7-10/h1-9,13-16,19,21-23H,(H,20,24)(H,25,26). The fraction of sp³-hybridized carbons (Fsp3) is 0.263. The number of aliphatic carboxylic acids is 1. The van der Waals surface area contributed by atoms with Crippen molar-refractivity contribution in [3.8, 4) is 5.75 Å². The Bertz CT molecular complexity index is 843. The summed E-state index contributed by atoms with van der Waals surface area (Å²) in [7, 11) is 0. The number of hydrogen-bond donors (Lipinski definition) is 5. The van der Waals surface area contributed by atoms with E-state index < -0.39 is 42.6 Å². The molecule has 5 unspecified atom stereocenters. The number of aliphatic hydroxyl groups is 3. The summed E-state index contributed by atoms with van der Waals surface area (Å²) in [5.74, 6) is -2.02. The summed E-state index contributed by atoms with van der Waals surface area (Å²) in [4.78, 5) is 23.8. The maximum absolute atomic E-state index is 12.6. The number of ether oxygens (including phenoxy) is 2. The van der Waals surface area contributed by atoms with Crippen LogP contribution in [-0.2, 0) is 9.53 Å². The Balaban J connectivity index is 1.81. The minimum atomic E-state index is -1.83. The quantitative estimate of drug-likeness (QED) is 0.488. The number of benzene rings is 2. The summed E-state index contributed by atoms with van der Waals surface area (Å²) in [5.41, 5.74) is 0.662. The van der Waals surface area contributed by atoms with Crippen LogP contribution >= 0.6 is 0 Å². The van der Waals surface area contributed by atoms with Crippen LogP contribution < -0.4 is 10.1 Å². The van der Waals surface area contributed by atoms with Crippen LogP contribution in [0.1, 0.15) is 10.4 Å². The average Bonchev–Trinajstić information content (AvgIpc) is 2.69. The lowest BCUT2D eigenvalue weighted by molar-refractivity contribution is -0.271. The maximum Gasteiger partial charge on any atom is 0.335 e.